The molecule has 1 unspecified atom stereocenters. The van der Waals surface area contributed by atoms with E-state index in [9.17, 15) is 0 Å². The van der Waals surface area contributed by atoms with Crippen LogP contribution in [0.25, 0.3) is 0 Å². The van der Waals surface area contributed by atoms with E-state index in [0.29, 0.717) is 12.3 Å². The summed E-state index contributed by atoms with van der Waals surface area (Å²) in [6.45, 7) is 2.90. The number of aromatic nitrogens is 1. The first-order valence-corrected chi connectivity index (χ1v) is 5.92. The molecule has 86 valence electrons. The molecule has 0 aromatic carbocycles. The fourth-order valence-corrected chi connectivity index (χ4v) is 2.69. The molecule has 0 saturated carbocycles. The molecule has 0 bridgehead atoms. The van der Waals surface area contributed by atoms with Gasteiger partial charge in [0, 0.05) is 6.20 Å². The normalized spacial score (nSPS) is 24.2. The van der Waals surface area contributed by atoms with E-state index in [2.05, 4.69) is 18.0 Å². The minimum atomic E-state index is 0.196. The van der Waals surface area contributed by atoms with Gasteiger partial charge in [-0.05, 0) is 49.3 Å². The zero-order valence-corrected chi connectivity index (χ0v) is 9.79. The zero-order chi connectivity index (χ0) is 11.6. The van der Waals surface area contributed by atoms with Crippen molar-refractivity contribution in [2.45, 2.75) is 32.6 Å². The molecule has 0 radical (unpaired) electrons. The Morgan fingerprint density at radius 3 is 3.00 bits per heavy atom. The van der Waals surface area contributed by atoms with Crippen LogP contribution in [0.5, 0.6) is 0 Å². The SMILES string of the molecule is CCC1(CCN)CC(=N)c2ncccc2C1. The maximum absolute atomic E-state index is 8.10. The van der Waals surface area contributed by atoms with Crippen molar-refractivity contribution >= 4 is 5.71 Å². The highest BCUT2D eigenvalue weighted by Gasteiger charge is 2.35. The molecule has 1 aliphatic carbocycles. The lowest BCUT2D eigenvalue weighted by atomic mass is 9.68. The molecule has 1 aromatic rings. The largest absolute Gasteiger partial charge is 0.330 e. The number of hydrogen-bond acceptors (Lipinski definition) is 3. The minimum Gasteiger partial charge on any atom is -0.330 e. The summed E-state index contributed by atoms with van der Waals surface area (Å²) >= 11 is 0. The number of rotatable bonds is 3. The fraction of sp³-hybridized carbons (Fsp3) is 0.538. The van der Waals surface area contributed by atoms with E-state index in [-0.39, 0.29) is 5.41 Å². The Labute approximate surface area is 96.6 Å². The molecule has 1 aliphatic rings. The first kappa shape index (κ1) is 11.3. The fourth-order valence-electron chi connectivity index (χ4n) is 2.69. The highest BCUT2D eigenvalue weighted by atomic mass is 14.7. The van der Waals surface area contributed by atoms with Crippen molar-refractivity contribution in [3.05, 3.63) is 29.6 Å². The lowest BCUT2D eigenvalue weighted by molar-refractivity contribution is 0.258. The standard InChI is InChI=1S/C13H19N3/c1-2-13(5-6-14)8-10-4-3-7-16-12(10)11(15)9-13/h3-4,7,15H,2,5-6,8-9,14H2,1H3. The Morgan fingerprint density at radius 2 is 2.31 bits per heavy atom. The van der Waals surface area contributed by atoms with E-state index in [1.807, 2.05) is 6.07 Å². The van der Waals surface area contributed by atoms with Gasteiger partial charge in [-0.2, -0.15) is 0 Å². The molecule has 0 saturated heterocycles. The minimum absolute atomic E-state index is 0.196. The Balaban J connectivity index is 2.35. The number of hydrogen-bond donors (Lipinski definition) is 2. The van der Waals surface area contributed by atoms with Gasteiger partial charge in [0.05, 0.1) is 11.4 Å². The van der Waals surface area contributed by atoms with Crippen LogP contribution in [0.3, 0.4) is 0 Å². The second-order valence-electron chi connectivity index (χ2n) is 4.74. The number of fused-ring (bicyclic) bond motifs is 1. The molecule has 0 amide bonds. The first-order chi connectivity index (χ1) is 7.71. The van der Waals surface area contributed by atoms with Gasteiger partial charge in [-0.3, -0.25) is 4.98 Å². The quantitative estimate of drug-likeness (QED) is 0.814. The van der Waals surface area contributed by atoms with Gasteiger partial charge < -0.3 is 11.1 Å². The molecule has 0 spiro atoms. The smallest absolute Gasteiger partial charge is 0.0869 e. The molecule has 1 atom stereocenters. The van der Waals surface area contributed by atoms with Gasteiger partial charge in [0.2, 0.25) is 0 Å². The topological polar surface area (TPSA) is 62.8 Å². The third kappa shape index (κ3) is 1.87. The molecular formula is C13H19N3. The van der Waals surface area contributed by atoms with Crippen LogP contribution in [-0.4, -0.2) is 17.2 Å². The van der Waals surface area contributed by atoms with E-state index in [1.165, 1.54) is 5.56 Å². The summed E-state index contributed by atoms with van der Waals surface area (Å²) in [6, 6.07) is 4.05. The van der Waals surface area contributed by atoms with Crippen LogP contribution in [-0.2, 0) is 6.42 Å². The van der Waals surface area contributed by atoms with Crippen LogP contribution in [0, 0.1) is 10.8 Å². The Hall–Kier alpha value is -1.22. The first-order valence-electron chi connectivity index (χ1n) is 5.92. The van der Waals surface area contributed by atoms with Crippen molar-refractivity contribution in [2.75, 3.05) is 6.54 Å². The predicted octanol–water partition coefficient (Wildman–Crippen LogP) is 2.14. The van der Waals surface area contributed by atoms with Crippen LogP contribution in [0.4, 0.5) is 0 Å². The van der Waals surface area contributed by atoms with E-state index >= 15 is 0 Å². The Morgan fingerprint density at radius 1 is 1.50 bits per heavy atom. The summed E-state index contributed by atoms with van der Waals surface area (Å²) in [4.78, 5) is 4.30. The summed E-state index contributed by atoms with van der Waals surface area (Å²) in [5.74, 6) is 0. The van der Waals surface area contributed by atoms with E-state index < -0.39 is 0 Å². The Kier molecular flexibility index (Phi) is 3.06. The molecule has 2 rings (SSSR count). The molecule has 1 heterocycles. The van der Waals surface area contributed by atoms with Crippen molar-refractivity contribution in [3.8, 4) is 0 Å². The lowest BCUT2D eigenvalue weighted by Crippen LogP contribution is -2.34. The van der Waals surface area contributed by atoms with E-state index in [1.54, 1.807) is 6.20 Å². The number of pyridine rings is 1. The van der Waals surface area contributed by atoms with Gasteiger partial charge >= 0.3 is 0 Å². The van der Waals surface area contributed by atoms with Gasteiger partial charge in [-0.15, -0.1) is 0 Å². The van der Waals surface area contributed by atoms with Crippen LogP contribution in [0.2, 0.25) is 0 Å². The van der Waals surface area contributed by atoms with E-state index in [4.69, 9.17) is 11.1 Å². The summed E-state index contributed by atoms with van der Waals surface area (Å²) in [5, 5.41) is 8.10. The maximum Gasteiger partial charge on any atom is 0.0869 e. The third-order valence-electron chi connectivity index (χ3n) is 3.72. The second kappa shape index (κ2) is 4.34. The third-order valence-corrected chi connectivity index (χ3v) is 3.72. The van der Waals surface area contributed by atoms with Crippen molar-refractivity contribution in [1.82, 2.24) is 4.98 Å². The monoisotopic (exact) mass is 217 g/mol. The van der Waals surface area contributed by atoms with Crippen molar-refractivity contribution in [1.29, 1.82) is 5.41 Å². The molecule has 3 N–H and O–H groups in total. The highest BCUT2D eigenvalue weighted by molar-refractivity contribution is 5.99. The predicted molar refractivity (Wildman–Crippen MR) is 65.8 cm³/mol. The molecule has 3 heteroatoms. The molecule has 0 aliphatic heterocycles. The second-order valence-corrected chi connectivity index (χ2v) is 4.74. The van der Waals surface area contributed by atoms with Gasteiger partial charge in [0.25, 0.3) is 0 Å². The van der Waals surface area contributed by atoms with Crippen LogP contribution in [0.1, 0.15) is 37.4 Å². The average Bonchev–Trinajstić information content (AvgIpc) is 2.29. The van der Waals surface area contributed by atoms with Crippen LogP contribution in [0.15, 0.2) is 18.3 Å². The van der Waals surface area contributed by atoms with Crippen molar-refractivity contribution in [3.63, 3.8) is 0 Å². The Bertz CT molecular complexity index is 400. The maximum atomic E-state index is 8.10. The van der Waals surface area contributed by atoms with E-state index in [0.717, 1.165) is 31.4 Å². The summed E-state index contributed by atoms with van der Waals surface area (Å²) in [5.41, 5.74) is 8.68. The number of nitrogens with zero attached hydrogens (tertiary/aromatic N) is 1. The molecule has 16 heavy (non-hydrogen) atoms. The van der Waals surface area contributed by atoms with Crippen LogP contribution >= 0.6 is 0 Å². The summed E-state index contributed by atoms with van der Waals surface area (Å²) < 4.78 is 0. The molecule has 0 fully saturated rings. The molecular weight excluding hydrogens is 198 g/mol. The molecule has 1 aromatic heterocycles. The number of nitrogens with one attached hydrogen (secondary N) is 1. The zero-order valence-electron chi connectivity index (χ0n) is 9.79. The lowest BCUT2D eigenvalue weighted by Gasteiger charge is -2.37. The van der Waals surface area contributed by atoms with Crippen molar-refractivity contribution in [2.24, 2.45) is 11.1 Å². The summed E-state index contributed by atoms with van der Waals surface area (Å²) in [7, 11) is 0. The number of nitrogens with two attached hydrogens (primary N) is 1. The average molecular weight is 217 g/mol. The van der Waals surface area contributed by atoms with Gasteiger partial charge in [0.15, 0.2) is 0 Å². The highest BCUT2D eigenvalue weighted by Crippen LogP contribution is 2.39. The molecule has 3 nitrogen and oxygen atoms in total. The summed E-state index contributed by atoms with van der Waals surface area (Å²) in [6.07, 6.45) is 5.70. The van der Waals surface area contributed by atoms with Gasteiger partial charge in [-0.25, -0.2) is 0 Å². The van der Waals surface area contributed by atoms with Gasteiger partial charge in [-0.1, -0.05) is 13.0 Å². The van der Waals surface area contributed by atoms with Crippen LogP contribution < -0.4 is 5.73 Å². The van der Waals surface area contributed by atoms with Gasteiger partial charge in [0.1, 0.15) is 0 Å². The van der Waals surface area contributed by atoms with Crippen molar-refractivity contribution < 1.29 is 0 Å².